The summed E-state index contributed by atoms with van der Waals surface area (Å²) >= 11 is 3.94. The average molecular weight is 136 g/mol. The molecule has 0 aliphatic heterocycles. The van der Waals surface area contributed by atoms with Crippen LogP contribution in [0.3, 0.4) is 0 Å². The summed E-state index contributed by atoms with van der Waals surface area (Å²) in [7, 11) is 0. The molecular formula is C5H12O2S. The zero-order valence-corrected chi connectivity index (χ0v) is 5.86. The summed E-state index contributed by atoms with van der Waals surface area (Å²) in [5.41, 5.74) is -0.400. The van der Waals surface area contributed by atoms with Crippen LogP contribution in [0.4, 0.5) is 0 Å². The van der Waals surface area contributed by atoms with Crippen LogP contribution >= 0.6 is 12.6 Å². The minimum absolute atomic E-state index is 0.00694. The molecule has 0 saturated heterocycles. The molecule has 0 fully saturated rings. The van der Waals surface area contributed by atoms with Crippen LogP contribution < -0.4 is 0 Å². The van der Waals surface area contributed by atoms with Crippen LogP contribution in [-0.2, 0) is 0 Å². The fourth-order valence-electron chi connectivity index (χ4n) is 0.150. The molecule has 0 aliphatic rings. The molecule has 0 atom stereocenters. The third-order valence-corrected chi connectivity index (χ3v) is 1.91. The molecule has 2 N–H and O–H groups in total. The number of rotatable bonds is 3. The normalized spacial score (nSPS) is 12.0. The van der Waals surface area contributed by atoms with Gasteiger partial charge in [0.25, 0.3) is 0 Å². The Morgan fingerprint density at radius 1 is 1.38 bits per heavy atom. The van der Waals surface area contributed by atoms with E-state index in [0.29, 0.717) is 5.75 Å². The first-order valence-electron chi connectivity index (χ1n) is 2.51. The van der Waals surface area contributed by atoms with Crippen LogP contribution in [-0.4, -0.2) is 29.2 Å². The van der Waals surface area contributed by atoms with Crippen molar-refractivity contribution in [2.45, 2.75) is 6.92 Å². The first kappa shape index (κ1) is 8.27. The van der Waals surface area contributed by atoms with Crippen molar-refractivity contribution in [3.05, 3.63) is 0 Å². The van der Waals surface area contributed by atoms with E-state index in [4.69, 9.17) is 10.2 Å². The minimum atomic E-state index is -0.400. The van der Waals surface area contributed by atoms with E-state index in [9.17, 15) is 0 Å². The van der Waals surface area contributed by atoms with Crippen molar-refractivity contribution in [3.63, 3.8) is 0 Å². The summed E-state index contributed by atoms with van der Waals surface area (Å²) in [5, 5.41) is 17.2. The Morgan fingerprint density at radius 3 is 1.75 bits per heavy atom. The quantitative estimate of drug-likeness (QED) is 0.474. The predicted octanol–water partition coefficient (Wildman–Crippen LogP) is -0.0929. The molecule has 0 aromatic rings. The van der Waals surface area contributed by atoms with Crippen LogP contribution in [0.2, 0.25) is 0 Å². The van der Waals surface area contributed by atoms with Crippen molar-refractivity contribution in [2.75, 3.05) is 19.0 Å². The van der Waals surface area contributed by atoms with Crippen LogP contribution in [0.25, 0.3) is 0 Å². The standard InChI is InChI=1S/C5H12O2S/c1-5(2-6,3-7)4-8/h6-8H,2-4H2,1H3. The van der Waals surface area contributed by atoms with E-state index in [2.05, 4.69) is 12.6 Å². The number of hydrogen-bond donors (Lipinski definition) is 3. The molecule has 0 spiro atoms. The van der Waals surface area contributed by atoms with Gasteiger partial charge in [-0.05, 0) is 0 Å². The third kappa shape index (κ3) is 2.03. The van der Waals surface area contributed by atoms with Crippen molar-refractivity contribution in [1.29, 1.82) is 0 Å². The molecule has 0 unspecified atom stereocenters. The second-order valence-corrected chi connectivity index (χ2v) is 2.60. The third-order valence-electron chi connectivity index (χ3n) is 1.15. The Kier molecular flexibility index (Phi) is 3.44. The predicted molar refractivity (Wildman–Crippen MR) is 36.1 cm³/mol. The van der Waals surface area contributed by atoms with Crippen molar-refractivity contribution in [2.24, 2.45) is 5.41 Å². The lowest BCUT2D eigenvalue weighted by atomic mass is 9.96. The average Bonchev–Trinajstić information content (AvgIpc) is 1.87. The molecule has 0 heterocycles. The van der Waals surface area contributed by atoms with E-state index >= 15 is 0 Å². The van der Waals surface area contributed by atoms with Gasteiger partial charge < -0.3 is 10.2 Å². The monoisotopic (exact) mass is 136 g/mol. The Hall–Kier alpha value is 0.270. The number of hydrogen-bond acceptors (Lipinski definition) is 3. The van der Waals surface area contributed by atoms with Gasteiger partial charge in [-0.3, -0.25) is 0 Å². The van der Waals surface area contributed by atoms with Gasteiger partial charge in [-0.1, -0.05) is 6.92 Å². The van der Waals surface area contributed by atoms with E-state index in [1.54, 1.807) is 6.92 Å². The van der Waals surface area contributed by atoms with Crippen molar-refractivity contribution in [1.82, 2.24) is 0 Å². The van der Waals surface area contributed by atoms with Gasteiger partial charge in [-0.2, -0.15) is 12.6 Å². The van der Waals surface area contributed by atoms with E-state index in [0.717, 1.165) is 0 Å². The first-order chi connectivity index (χ1) is 3.68. The number of aliphatic hydroxyl groups is 2. The maximum absolute atomic E-state index is 8.58. The molecular weight excluding hydrogens is 124 g/mol. The maximum Gasteiger partial charge on any atom is 0.0514 e. The van der Waals surface area contributed by atoms with Gasteiger partial charge in [-0.25, -0.2) is 0 Å². The molecule has 0 rings (SSSR count). The van der Waals surface area contributed by atoms with Crippen LogP contribution in [0.15, 0.2) is 0 Å². The molecule has 0 saturated carbocycles. The van der Waals surface area contributed by atoms with Gasteiger partial charge >= 0.3 is 0 Å². The summed E-state index contributed by atoms with van der Waals surface area (Å²) in [6.07, 6.45) is 0. The maximum atomic E-state index is 8.58. The Balaban J connectivity index is 3.58. The number of thiol groups is 1. The molecule has 3 heteroatoms. The molecule has 0 aliphatic carbocycles. The van der Waals surface area contributed by atoms with E-state index in [1.807, 2.05) is 0 Å². The molecule has 0 aromatic heterocycles. The van der Waals surface area contributed by atoms with Gasteiger partial charge in [-0.15, -0.1) is 0 Å². The van der Waals surface area contributed by atoms with Crippen molar-refractivity contribution >= 4 is 12.6 Å². The SMILES string of the molecule is CC(CO)(CO)CS. The Bertz CT molecular complexity index is 53.2. The van der Waals surface area contributed by atoms with Gasteiger partial charge in [0, 0.05) is 11.2 Å². The fourth-order valence-corrected chi connectivity index (χ4v) is 0.350. The highest BCUT2D eigenvalue weighted by Crippen LogP contribution is 2.14. The van der Waals surface area contributed by atoms with Crippen molar-refractivity contribution < 1.29 is 10.2 Å². The Labute approximate surface area is 54.9 Å². The molecule has 0 amide bonds. The first-order valence-corrected chi connectivity index (χ1v) is 3.14. The van der Waals surface area contributed by atoms with Crippen LogP contribution in [0.1, 0.15) is 6.92 Å². The summed E-state index contributed by atoms with van der Waals surface area (Å²) in [5.74, 6) is 0.514. The van der Waals surface area contributed by atoms with Gasteiger partial charge in [0.2, 0.25) is 0 Å². The van der Waals surface area contributed by atoms with Gasteiger partial charge in [0.05, 0.1) is 13.2 Å². The molecule has 50 valence electrons. The second kappa shape index (κ2) is 3.33. The lowest BCUT2D eigenvalue weighted by Gasteiger charge is -2.20. The zero-order valence-electron chi connectivity index (χ0n) is 4.96. The van der Waals surface area contributed by atoms with Crippen LogP contribution in [0.5, 0.6) is 0 Å². The van der Waals surface area contributed by atoms with E-state index in [1.165, 1.54) is 0 Å². The lowest BCUT2D eigenvalue weighted by molar-refractivity contribution is 0.0898. The minimum Gasteiger partial charge on any atom is -0.396 e. The smallest absolute Gasteiger partial charge is 0.0514 e. The molecule has 8 heavy (non-hydrogen) atoms. The number of aliphatic hydroxyl groups excluding tert-OH is 2. The topological polar surface area (TPSA) is 40.5 Å². The fraction of sp³-hybridized carbons (Fsp3) is 1.00. The highest BCUT2D eigenvalue weighted by molar-refractivity contribution is 7.80. The summed E-state index contributed by atoms with van der Waals surface area (Å²) in [6, 6.07) is 0. The van der Waals surface area contributed by atoms with E-state index < -0.39 is 5.41 Å². The van der Waals surface area contributed by atoms with E-state index in [-0.39, 0.29) is 13.2 Å². The lowest BCUT2D eigenvalue weighted by Crippen LogP contribution is -2.27. The highest BCUT2D eigenvalue weighted by Gasteiger charge is 2.19. The molecule has 0 radical (unpaired) electrons. The Morgan fingerprint density at radius 2 is 1.75 bits per heavy atom. The second-order valence-electron chi connectivity index (χ2n) is 2.29. The largest absolute Gasteiger partial charge is 0.396 e. The molecule has 0 aromatic carbocycles. The zero-order chi connectivity index (χ0) is 6.62. The van der Waals surface area contributed by atoms with Crippen LogP contribution in [0, 0.1) is 5.41 Å². The van der Waals surface area contributed by atoms with Gasteiger partial charge in [0.1, 0.15) is 0 Å². The van der Waals surface area contributed by atoms with Crippen molar-refractivity contribution in [3.8, 4) is 0 Å². The summed E-state index contributed by atoms with van der Waals surface area (Å²) in [6.45, 7) is 1.76. The summed E-state index contributed by atoms with van der Waals surface area (Å²) < 4.78 is 0. The summed E-state index contributed by atoms with van der Waals surface area (Å²) in [4.78, 5) is 0. The molecule has 2 nitrogen and oxygen atoms in total. The highest BCUT2D eigenvalue weighted by atomic mass is 32.1. The van der Waals surface area contributed by atoms with Gasteiger partial charge in [0.15, 0.2) is 0 Å². The molecule has 0 bridgehead atoms.